The third kappa shape index (κ3) is 3.49. The Hall–Kier alpha value is -1.72. The number of hydrogen-bond acceptors (Lipinski definition) is 5. The van der Waals surface area contributed by atoms with E-state index >= 15 is 0 Å². The van der Waals surface area contributed by atoms with Crippen LogP contribution in [0.25, 0.3) is 0 Å². The van der Waals surface area contributed by atoms with Gasteiger partial charge in [0.15, 0.2) is 0 Å². The Balaban J connectivity index is 2.40. The van der Waals surface area contributed by atoms with Crippen molar-refractivity contribution in [1.29, 1.82) is 0 Å². The van der Waals surface area contributed by atoms with Crippen LogP contribution in [0.1, 0.15) is 18.0 Å². The van der Waals surface area contributed by atoms with Crippen molar-refractivity contribution in [1.82, 2.24) is 10.2 Å². The van der Waals surface area contributed by atoms with Crippen LogP contribution < -0.4 is 14.8 Å². The Morgan fingerprint density at radius 1 is 1.33 bits per heavy atom. The Bertz CT molecular complexity index is 485. The van der Waals surface area contributed by atoms with E-state index in [4.69, 9.17) is 9.47 Å². The van der Waals surface area contributed by atoms with Crippen molar-refractivity contribution in [2.24, 2.45) is 0 Å². The summed E-state index contributed by atoms with van der Waals surface area (Å²) >= 11 is 0. The molecule has 0 aliphatic carbocycles. The summed E-state index contributed by atoms with van der Waals surface area (Å²) in [6.07, 6.45) is 2.64. The molecule has 1 fully saturated rings. The molecule has 0 radical (unpaired) electrons. The number of rotatable bonds is 6. The van der Waals surface area contributed by atoms with Gasteiger partial charge in [0.1, 0.15) is 17.2 Å². The minimum absolute atomic E-state index is 0.0606. The summed E-state index contributed by atoms with van der Waals surface area (Å²) in [6.45, 7) is 7.63. The molecule has 1 heterocycles. The number of phenolic OH excluding ortho intramolecular Hbond substituents is 1. The van der Waals surface area contributed by atoms with Crippen molar-refractivity contribution >= 4 is 0 Å². The van der Waals surface area contributed by atoms with Crippen molar-refractivity contribution in [3.63, 3.8) is 0 Å². The van der Waals surface area contributed by atoms with Gasteiger partial charge in [-0.15, -0.1) is 6.58 Å². The molecule has 0 saturated carbocycles. The van der Waals surface area contributed by atoms with Gasteiger partial charge >= 0.3 is 0 Å². The van der Waals surface area contributed by atoms with Crippen molar-refractivity contribution in [2.45, 2.75) is 12.5 Å². The van der Waals surface area contributed by atoms with Gasteiger partial charge in [0.25, 0.3) is 0 Å². The van der Waals surface area contributed by atoms with E-state index in [1.165, 1.54) is 0 Å². The summed E-state index contributed by atoms with van der Waals surface area (Å²) in [4.78, 5) is 2.35. The van der Waals surface area contributed by atoms with Crippen molar-refractivity contribution in [3.8, 4) is 17.2 Å². The molecule has 2 rings (SSSR count). The molecule has 2 N–H and O–H groups in total. The molecule has 1 saturated heterocycles. The monoisotopic (exact) mass is 292 g/mol. The van der Waals surface area contributed by atoms with Crippen LogP contribution >= 0.6 is 0 Å². The summed E-state index contributed by atoms with van der Waals surface area (Å²) in [5, 5.41) is 13.8. The number of nitrogens with zero attached hydrogens (tertiary/aromatic N) is 1. The molecule has 1 aromatic rings. The molecule has 21 heavy (non-hydrogen) atoms. The molecular formula is C16H24N2O3. The number of ether oxygens (including phenoxy) is 2. The second kappa shape index (κ2) is 7.33. The van der Waals surface area contributed by atoms with E-state index in [0.29, 0.717) is 11.5 Å². The fraction of sp³-hybridized carbons (Fsp3) is 0.500. The molecule has 116 valence electrons. The first-order chi connectivity index (χ1) is 10.2. The topological polar surface area (TPSA) is 54.0 Å². The number of piperazine rings is 1. The van der Waals surface area contributed by atoms with Crippen LogP contribution in [0.4, 0.5) is 0 Å². The summed E-state index contributed by atoms with van der Waals surface area (Å²) in [7, 11) is 3.19. The maximum Gasteiger partial charge on any atom is 0.131 e. The minimum Gasteiger partial charge on any atom is -0.507 e. The Morgan fingerprint density at radius 3 is 2.62 bits per heavy atom. The average molecular weight is 292 g/mol. The Kier molecular flexibility index (Phi) is 5.47. The van der Waals surface area contributed by atoms with Gasteiger partial charge in [0.05, 0.1) is 19.8 Å². The predicted molar refractivity (Wildman–Crippen MR) is 83.2 cm³/mol. The zero-order valence-electron chi connectivity index (χ0n) is 12.8. The molecule has 0 bridgehead atoms. The molecule has 1 aliphatic heterocycles. The first-order valence-electron chi connectivity index (χ1n) is 7.21. The molecule has 0 amide bonds. The van der Waals surface area contributed by atoms with Gasteiger partial charge in [-0.2, -0.15) is 0 Å². The zero-order chi connectivity index (χ0) is 15.2. The van der Waals surface area contributed by atoms with Crippen molar-refractivity contribution in [3.05, 3.63) is 30.4 Å². The second-order valence-corrected chi connectivity index (χ2v) is 5.09. The average Bonchev–Trinajstić information content (AvgIpc) is 2.53. The molecule has 0 spiro atoms. The molecule has 1 atom stereocenters. The summed E-state index contributed by atoms with van der Waals surface area (Å²) in [5.41, 5.74) is 0.806. The molecule has 1 aromatic carbocycles. The fourth-order valence-corrected chi connectivity index (χ4v) is 2.81. The second-order valence-electron chi connectivity index (χ2n) is 5.09. The van der Waals surface area contributed by atoms with Crippen LogP contribution in [0.3, 0.4) is 0 Å². The highest BCUT2D eigenvalue weighted by molar-refractivity contribution is 5.51. The van der Waals surface area contributed by atoms with Gasteiger partial charge in [0, 0.05) is 44.4 Å². The van der Waals surface area contributed by atoms with Gasteiger partial charge < -0.3 is 19.9 Å². The third-order valence-electron chi connectivity index (χ3n) is 3.86. The number of methoxy groups -OCH3 is 2. The lowest BCUT2D eigenvalue weighted by atomic mass is 9.98. The first kappa shape index (κ1) is 15.7. The lowest BCUT2D eigenvalue weighted by Crippen LogP contribution is -2.45. The Morgan fingerprint density at radius 2 is 2.05 bits per heavy atom. The van der Waals surface area contributed by atoms with Crippen LogP contribution in [0.5, 0.6) is 17.2 Å². The SMILES string of the molecule is C=CC[C@H](c1c(O)cc(OC)cc1OC)N1CCNCC1. The van der Waals surface area contributed by atoms with Gasteiger partial charge in [0.2, 0.25) is 0 Å². The van der Waals surface area contributed by atoms with Crippen LogP contribution in [0.15, 0.2) is 24.8 Å². The smallest absolute Gasteiger partial charge is 0.131 e. The van der Waals surface area contributed by atoms with Crippen molar-refractivity contribution in [2.75, 3.05) is 40.4 Å². The molecule has 1 aliphatic rings. The normalized spacial score (nSPS) is 17.2. The quantitative estimate of drug-likeness (QED) is 0.785. The molecule has 5 nitrogen and oxygen atoms in total. The summed E-state index contributed by atoms with van der Waals surface area (Å²) in [6, 6.07) is 3.51. The third-order valence-corrected chi connectivity index (χ3v) is 3.86. The highest BCUT2D eigenvalue weighted by Gasteiger charge is 2.27. The van der Waals surface area contributed by atoms with Gasteiger partial charge in [-0.05, 0) is 6.42 Å². The molecule has 0 unspecified atom stereocenters. The Labute approximate surface area is 126 Å². The maximum absolute atomic E-state index is 10.4. The van der Waals surface area contributed by atoms with Crippen LogP contribution in [0, 0.1) is 0 Å². The van der Waals surface area contributed by atoms with E-state index in [2.05, 4.69) is 16.8 Å². The maximum atomic E-state index is 10.4. The number of phenols is 1. The fourth-order valence-electron chi connectivity index (χ4n) is 2.81. The van der Waals surface area contributed by atoms with E-state index in [9.17, 15) is 5.11 Å². The van der Waals surface area contributed by atoms with Crippen molar-refractivity contribution < 1.29 is 14.6 Å². The van der Waals surface area contributed by atoms with Gasteiger partial charge in [-0.25, -0.2) is 0 Å². The molecule has 0 aromatic heterocycles. The molecular weight excluding hydrogens is 268 g/mol. The largest absolute Gasteiger partial charge is 0.507 e. The summed E-state index contributed by atoms with van der Waals surface area (Å²) < 4.78 is 10.7. The number of nitrogens with one attached hydrogen (secondary N) is 1. The predicted octanol–water partition coefficient (Wildman–Crippen LogP) is 1.93. The van der Waals surface area contributed by atoms with E-state index in [0.717, 1.165) is 38.2 Å². The highest BCUT2D eigenvalue weighted by atomic mass is 16.5. The van der Waals surface area contributed by atoms with E-state index in [1.54, 1.807) is 20.3 Å². The van der Waals surface area contributed by atoms with Gasteiger partial charge in [-0.3, -0.25) is 4.90 Å². The lowest BCUT2D eigenvalue weighted by Gasteiger charge is -2.35. The van der Waals surface area contributed by atoms with Crippen LogP contribution in [-0.2, 0) is 0 Å². The van der Waals surface area contributed by atoms with E-state index in [-0.39, 0.29) is 11.8 Å². The highest BCUT2D eigenvalue weighted by Crippen LogP contribution is 2.41. The lowest BCUT2D eigenvalue weighted by molar-refractivity contribution is 0.168. The minimum atomic E-state index is 0.0606. The summed E-state index contributed by atoms with van der Waals surface area (Å²) in [5.74, 6) is 1.44. The molecule has 5 heteroatoms. The number of benzene rings is 1. The van der Waals surface area contributed by atoms with E-state index in [1.807, 2.05) is 12.1 Å². The standard InChI is InChI=1S/C16H24N2O3/c1-4-5-13(18-8-6-17-7-9-18)16-14(19)10-12(20-2)11-15(16)21-3/h4,10-11,13,17,19H,1,5-9H2,2-3H3/t13-/m1/s1. The zero-order valence-corrected chi connectivity index (χ0v) is 12.8. The van der Waals surface area contributed by atoms with E-state index < -0.39 is 0 Å². The van der Waals surface area contributed by atoms with Crippen LogP contribution in [-0.4, -0.2) is 50.4 Å². The number of aromatic hydroxyl groups is 1. The number of hydrogen-bond donors (Lipinski definition) is 2. The van der Waals surface area contributed by atoms with Crippen LogP contribution in [0.2, 0.25) is 0 Å². The first-order valence-corrected chi connectivity index (χ1v) is 7.21. The van der Waals surface area contributed by atoms with Gasteiger partial charge in [-0.1, -0.05) is 6.08 Å².